The van der Waals surface area contributed by atoms with E-state index in [4.69, 9.17) is 0 Å². The number of likely N-dealkylation sites (tertiary alicyclic amines) is 1. The topological polar surface area (TPSA) is 41.1 Å². The molecular weight excluding hydrogens is 244 g/mol. The highest BCUT2D eigenvalue weighted by molar-refractivity contribution is 7.09. The molecule has 1 aromatic heterocycles. The van der Waals surface area contributed by atoms with E-state index in [1.54, 1.807) is 0 Å². The molecule has 1 N–H and O–H groups in total. The summed E-state index contributed by atoms with van der Waals surface area (Å²) in [7, 11) is 2.21. The molecule has 0 aliphatic carbocycles. The van der Waals surface area contributed by atoms with E-state index in [1.807, 2.05) is 0 Å². The van der Waals surface area contributed by atoms with Crippen LogP contribution in [0.3, 0.4) is 0 Å². The first-order valence-electron chi connectivity index (χ1n) is 7.03. The van der Waals surface area contributed by atoms with Gasteiger partial charge in [-0.2, -0.15) is 4.37 Å². The zero-order valence-corrected chi connectivity index (χ0v) is 12.3. The highest BCUT2D eigenvalue weighted by atomic mass is 32.1. The van der Waals surface area contributed by atoms with Gasteiger partial charge in [0.1, 0.15) is 5.82 Å². The van der Waals surface area contributed by atoms with Crippen LogP contribution in [-0.4, -0.2) is 40.9 Å². The minimum absolute atomic E-state index is 0.886. The molecule has 1 aromatic rings. The second kappa shape index (κ2) is 7.04. The molecule has 1 saturated heterocycles. The molecule has 0 atom stereocenters. The summed E-state index contributed by atoms with van der Waals surface area (Å²) in [5, 5.41) is 4.41. The molecular formula is C13H24N4S. The Morgan fingerprint density at radius 2 is 2.17 bits per heavy atom. The molecule has 2 rings (SSSR count). The van der Waals surface area contributed by atoms with Crippen molar-refractivity contribution in [3.8, 4) is 0 Å². The van der Waals surface area contributed by atoms with Gasteiger partial charge in [0.05, 0.1) is 0 Å². The maximum atomic E-state index is 4.48. The predicted molar refractivity (Wildman–Crippen MR) is 77.2 cm³/mol. The number of nitrogens with one attached hydrogen (secondary N) is 1. The monoisotopic (exact) mass is 268 g/mol. The average molecular weight is 268 g/mol. The molecule has 0 bridgehead atoms. The fourth-order valence-electron chi connectivity index (χ4n) is 2.38. The Kier molecular flexibility index (Phi) is 5.38. The Morgan fingerprint density at radius 1 is 1.39 bits per heavy atom. The summed E-state index contributed by atoms with van der Waals surface area (Å²) in [6.07, 6.45) is 6.06. The Bertz CT molecular complexity index is 345. The minimum atomic E-state index is 0.886. The van der Waals surface area contributed by atoms with Crippen molar-refractivity contribution in [1.29, 1.82) is 0 Å². The minimum Gasteiger partial charge on any atom is -0.360 e. The number of aromatic nitrogens is 2. The molecule has 1 fully saturated rings. The molecule has 0 saturated carbocycles. The predicted octanol–water partition coefficient (Wildman–Crippen LogP) is 2.63. The van der Waals surface area contributed by atoms with Gasteiger partial charge in [0.15, 0.2) is 0 Å². The summed E-state index contributed by atoms with van der Waals surface area (Å²) in [5.41, 5.74) is 0. The SMILES string of the molecule is CCCc1nsc(NCCC2CCN(C)CC2)n1. The molecule has 102 valence electrons. The normalized spacial score (nSPS) is 18.1. The number of piperidine rings is 1. The van der Waals surface area contributed by atoms with E-state index in [2.05, 4.69) is 33.5 Å². The van der Waals surface area contributed by atoms with Gasteiger partial charge in [-0.1, -0.05) is 6.92 Å². The molecule has 0 radical (unpaired) electrons. The highest BCUT2D eigenvalue weighted by Gasteiger charge is 2.16. The van der Waals surface area contributed by atoms with Crippen LogP contribution in [-0.2, 0) is 6.42 Å². The zero-order chi connectivity index (χ0) is 12.8. The van der Waals surface area contributed by atoms with Crippen LogP contribution in [0.15, 0.2) is 0 Å². The van der Waals surface area contributed by atoms with Gasteiger partial charge in [0.25, 0.3) is 0 Å². The summed E-state index contributed by atoms with van der Waals surface area (Å²) in [4.78, 5) is 6.91. The summed E-state index contributed by atoms with van der Waals surface area (Å²) >= 11 is 1.50. The third-order valence-electron chi connectivity index (χ3n) is 3.61. The number of aryl methyl sites for hydroxylation is 1. The fourth-order valence-corrected chi connectivity index (χ4v) is 3.02. The van der Waals surface area contributed by atoms with Crippen LogP contribution in [0.2, 0.25) is 0 Å². The number of hydrogen-bond donors (Lipinski definition) is 1. The Balaban J connectivity index is 1.65. The second-order valence-electron chi connectivity index (χ2n) is 5.23. The largest absolute Gasteiger partial charge is 0.360 e. The lowest BCUT2D eigenvalue weighted by molar-refractivity contribution is 0.215. The molecule has 4 nitrogen and oxygen atoms in total. The zero-order valence-electron chi connectivity index (χ0n) is 11.5. The molecule has 0 spiro atoms. The Hall–Kier alpha value is -0.680. The van der Waals surface area contributed by atoms with E-state index in [0.29, 0.717) is 0 Å². The van der Waals surface area contributed by atoms with Crippen molar-refractivity contribution in [2.24, 2.45) is 5.92 Å². The van der Waals surface area contributed by atoms with Gasteiger partial charge in [0.2, 0.25) is 5.13 Å². The molecule has 1 aliphatic rings. The van der Waals surface area contributed by atoms with E-state index in [-0.39, 0.29) is 0 Å². The van der Waals surface area contributed by atoms with E-state index in [1.165, 1.54) is 43.9 Å². The molecule has 2 heterocycles. The highest BCUT2D eigenvalue weighted by Crippen LogP contribution is 2.20. The van der Waals surface area contributed by atoms with E-state index in [9.17, 15) is 0 Å². The Morgan fingerprint density at radius 3 is 2.89 bits per heavy atom. The lowest BCUT2D eigenvalue weighted by atomic mass is 9.94. The maximum absolute atomic E-state index is 4.48. The standard InChI is InChI=1S/C13H24N4S/c1-3-4-12-15-13(18-16-12)14-8-5-11-6-9-17(2)10-7-11/h11H,3-10H2,1-2H3,(H,14,15,16). The molecule has 0 aromatic carbocycles. The van der Waals surface area contributed by atoms with Crippen LogP contribution >= 0.6 is 11.5 Å². The van der Waals surface area contributed by atoms with Crippen LogP contribution in [0, 0.1) is 5.92 Å². The fraction of sp³-hybridized carbons (Fsp3) is 0.846. The number of hydrogen-bond acceptors (Lipinski definition) is 5. The van der Waals surface area contributed by atoms with Crippen LogP contribution in [0.5, 0.6) is 0 Å². The first kappa shape index (κ1) is 13.7. The first-order chi connectivity index (χ1) is 8.78. The summed E-state index contributed by atoms with van der Waals surface area (Å²) in [6, 6.07) is 0. The summed E-state index contributed by atoms with van der Waals surface area (Å²) < 4.78 is 4.34. The van der Waals surface area contributed by atoms with Crippen molar-refractivity contribution in [3.63, 3.8) is 0 Å². The third kappa shape index (κ3) is 4.21. The Labute approximate surface area is 114 Å². The quantitative estimate of drug-likeness (QED) is 0.861. The van der Waals surface area contributed by atoms with Gasteiger partial charge in [0, 0.05) is 24.5 Å². The molecule has 0 amide bonds. The maximum Gasteiger partial charge on any atom is 0.202 e. The van der Waals surface area contributed by atoms with Crippen LogP contribution in [0.1, 0.15) is 38.4 Å². The van der Waals surface area contributed by atoms with Crippen molar-refractivity contribution < 1.29 is 0 Å². The van der Waals surface area contributed by atoms with Gasteiger partial charge < -0.3 is 10.2 Å². The van der Waals surface area contributed by atoms with Crippen LogP contribution < -0.4 is 5.32 Å². The van der Waals surface area contributed by atoms with E-state index in [0.717, 1.165) is 36.3 Å². The number of nitrogens with zero attached hydrogens (tertiary/aromatic N) is 3. The van der Waals surface area contributed by atoms with Crippen molar-refractivity contribution >= 4 is 16.7 Å². The second-order valence-corrected chi connectivity index (χ2v) is 5.98. The van der Waals surface area contributed by atoms with Crippen LogP contribution in [0.25, 0.3) is 0 Å². The van der Waals surface area contributed by atoms with Crippen molar-refractivity contribution in [2.75, 3.05) is 32.0 Å². The number of rotatable bonds is 6. The van der Waals surface area contributed by atoms with E-state index >= 15 is 0 Å². The van der Waals surface area contributed by atoms with Crippen molar-refractivity contribution in [1.82, 2.24) is 14.3 Å². The smallest absolute Gasteiger partial charge is 0.202 e. The van der Waals surface area contributed by atoms with Gasteiger partial charge in [-0.3, -0.25) is 0 Å². The third-order valence-corrected chi connectivity index (χ3v) is 4.32. The average Bonchev–Trinajstić information content (AvgIpc) is 2.80. The number of anilines is 1. The van der Waals surface area contributed by atoms with Crippen molar-refractivity contribution in [2.45, 2.75) is 39.0 Å². The van der Waals surface area contributed by atoms with Gasteiger partial charge in [-0.25, -0.2) is 4.98 Å². The summed E-state index contributed by atoms with van der Waals surface area (Å²) in [5.74, 6) is 1.88. The van der Waals surface area contributed by atoms with Gasteiger partial charge in [-0.15, -0.1) is 0 Å². The lowest BCUT2D eigenvalue weighted by Gasteiger charge is -2.28. The van der Waals surface area contributed by atoms with Crippen LogP contribution in [0.4, 0.5) is 5.13 Å². The summed E-state index contributed by atoms with van der Waals surface area (Å²) in [6.45, 7) is 5.71. The van der Waals surface area contributed by atoms with Crippen molar-refractivity contribution in [3.05, 3.63) is 5.82 Å². The lowest BCUT2D eigenvalue weighted by Crippen LogP contribution is -2.30. The molecule has 5 heteroatoms. The van der Waals surface area contributed by atoms with Gasteiger partial charge in [-0.05, 0) is 51.7 Å². The van der Waals surface area contributed by atoms with E-state index < -0.39 is 0 Å². The first-order valence-corrected chi connectivity index (χ1v) is 7.80. The molecule has 18 heavy (non-hydrogen) atoms. The van der Waals surface area contributed by atoms with Gasteiger partial charge >= 0.3 is 0 Å². The molecule has 1 aliphatic heterocycles. The molecule has 0 unspecified atom stereocenters.